The van der Waals surface area contributed by atoms with Crippen molar-refractivity contribution in [2.75, 3.05) is 20.8 Å². The highest BCUT2D eigenvalue weighted by Crippen LogP contribution is 2.32. The van der Waals surface area contributed by atoms with Crippen LogP contribution >= 0.6 is 0 Å². The summed E-state index contributed by atoms with van der Waals surface area (Å²) in [5.41, 5.74) is 1.60. The SMILES string of the molecule is COc1ccc(C2=NO[C@H](CN3C(=O)c4ccccc4S3(=O)=O)C2)cc1OC. The Bertz CT molecular complexity index is 1080. The van der Waals surface area contributed by atoms with Crippen LogP contribution in [0, 0.1) is 0 Å². The van der Waals surface area contributed by atoms with Crippen LogP contribution in [0.15, 0.2) is 52.5 Å². The molecule has 9 heteroatoms. The van der Waals surface area contributed by atoms with Gasteiger partial charge in [0.2, 0.25) is 0 Å². The number of nitrogens with zero attached hydrogens (tertiary/aromatic N) is 2. The monoisotopic (exact) mass is 402 g/mol. The summed E-state index contributed by atoms with van der Waals surface area (Å²) in [5, 5.41) is 4.07. The minimum atomic E-state index is -3.87. The first kappa shape index (κ1) is 18.3. The van der Waals surface area contributed by atoms with E-state index in [1.807, 2.05) is 6.07 Å². The zero-order chi connectivity index (χ0) is 19.9. The molecule has 1 atom stereocenters. The van der Waals surface area contributed by atoms with Gasteiger partial charge in [0.25, 0.3) is 15.9 Å². The van der Waals surface area contributed by atoms with E-state index in [0.717, 1.165) is 9.87 Å². The normalized spacial score (nSPS) is 19.8. The summed E-state index contributed by atoms with van der Waals surface area (Å²) in [7, 11) is -0.777. The van der Waals surface area contributed by atoms with E-state index in [-0.39, 0.29) is 17.0 Å². The molecule has 2 aliphatic rings. The molecule has 2 aromatic carbocycles. The molecular formula is C19H18N2O6S. The lowest BCUT2D eigenvalue weighted by Gasteiger charge is -2.18. The molecule has 8 nitrogen and oxygen atoms in total. The highest BCUT2D eigenvalue weighted by atomic mass is 32.2. The zero-order valence-electron chi connectivity index (χ0n) is 15.3. The van der Waals surface area contributed by atoms with Gasteiger partial charge in [-0.1, -0.05) is 17.3 Å². The van der Waals surface area contributed by atoms with Crippen molar-refractivity contribution in [2.24, 2.45) is 5.16 Å². The molecule has 0 aromatic heterocycles. The summed E-state index contributed by atoms with van der Waals surface area (Å²) >= 11 is 0. The summed E-state index contributed by atoms with van der Waals surface area (Å²) in [6.07, 6.45) is -0.193. The van der Waals surface area contributed by atoms with Crippen LogP contribution < -0.4 is 9.47 Å². The first-order chi connectivity index (χ1) is 13.5. The number of benzene rings is 2. The molecule has 4 rings (SSSR count). The first-order valence-corrected chi connectivity index (χ1v) is 10.0. The predicted octanol–water partition coefficient (Wildman–Crippen LogP) is 2.04. The Morgan fingerprint density at radius 1 is 1.14 bits per heavy atom. The number of hydrogen-bond donors (Lipinski definition) is 0. The molecule has 0 unspecified atom stereocenters. The third-order valence-electron chi connectivity index (χ3n) is 4.73. The van der Waals surface area contributed by atoms with Crippen molar-refractivity contribution in [2.45, 2.75) is 17.4 Å². The molecule has 0 spiro atoms. The quantitative estimate of drug-likeness (QED) is 0.760. The maximum atomic E-state index is 12.7. The smallest absolute Gasteiger partial charge is 0.269 e. The van der Waals surface area contributed by atoms with Gasteiger partial charge < -0.3 is 14.3 Å². The summed E-state index contributed by atoms with van der Waals surface area (Å²) in [5.74, 6) is 0.603. The molecule has 2 aliphatic heterocycles. The van der Waals surface area contributed by atoms with E-state index in [1.165, 1.54) is 12.1 Å². The van der Waals surface area contributed by atoms with Crippen molar-refractivity contribution in [3.63, 3.8) is 0 Å². The van der Waals surface area contributed by atoms with E-state index in [4.69, 9.17) is 14.3 Å². The van der Waals surface area contributed by atoms with Crippen LogP contribution in [0.2, 0.25) is 0 Å². The third-order valence-corrected chi connectivity index (χ3v) is 6.54. The Morgan fingerprint density at radius 2 is 1.89 bits per heavy atom. The lowest BCUT2D eigenvalue weighted by Crippen LogP contribution is -2.37. The van der Waals surface area contributed by atoms with E-state index in [9.17, 15) is 13.2 Å². The molecule has 0 fully saturated rings. The molecular weight excluding hydrogens is 384 g/mol. The Morgan fingerprint density at radius 3 is 2.61 bits per heavy atom. The summed E-state index contributed by atoms with van der Waals surface area (Å²) < 4.78 is 36.7. The maximum absolute atomic E-state index is 12.7. The summed E-state index contributed by atoms with van der Waals surface area (Å²) in [4.78, 5) is 18.0. The molecule has 0 radical (unpaired) electrons. The van der Waals surface area contributed by atoms with Gasteiger partial charge in [0.05, 0.1) is 32.0 Å². The molecule has 1 amide bonds. The van der Waals surface area contributed by atoms with Crippen LogP contribution in [0.5, 0.6) is 11.5 Å². The number of sulfonamides is 1. The fourth-order valence-corrected chi connectivity index (χ4v) is 4.91. The second-order valence-corrected chi connectivity index (χ2v) is 8.21. The van der Waals surface area contributed by atoms with Gasteiger partial charge in [0, 0.05) is 12.0 Å². The van der Waals surface area contributed by atoms with Gasteiger partial charge in [0.15, 0.2) is 17.6 Å². The van der Waals surface area contributed by atoms with Crippen molar-refractivity contribution in [1.29, 1.82) is 0 Å². The standard InChI is InChI=1S/C19H18N2O6S/c1-25-16-8-7-12(9-17(16)26-2)15-10-13(27-20-15)11-21-19(22)14-5-3-4-6-18(14)28(21,23)24/h3-9,13H,10-11H2,1-2H3/t13-/m0/s1. The number of hydrogen-bond acceptors (Lipinski definition) is 7. The molecule has 0 N–H and O–H groups in total. The topological polar surface area (TPSA) is 94.5 Å². The molecule has 146 valence electrons. The fourth-order valence-electron chi connectivity index (χ4n) is 3.31. The van der Waals surface area contributed by atoms with Gasteiger partial charge >= 0.3 is 0 Å². The van der Waals surface area contributed by atoms with Gasteiger partial charge in [-0.15, -0.1) is 0 Å². The number of methoxy groups -OCH3 is 2. The number of carbonyl (C=O) groups is 1. The molecule has 0 saturated heterocycles. The van der Waals surface area contributed by atoms with Gasteiger partial charge in [-0.25, -0.2) is 12.7 Å². The number of rotatable bonds is 5. The van der Waals surface area contributed by atoms with Crippen molar-refractivity contribution in [1.82, 2.24) is 4.31 Å². The van der Waals surface area contributed by atoms with E-state index >= 15 is 0 Å². The second kappa shape index (κ2) is 6.83. The van der Waals surface area contributed by atoms with Crippen molar-refractivity contribution >= 4 is 21.6 Å². The minimum Gasteiger partial charge on any atom is -0.493 e. The fraction of sp³-hybridized carbons (Fsp3) is 0.263. The lowest BCUT2D eigenvalue weighted by atomic mass is 10.0. The van der Waals surface area contributed by atoms with Crippen LogP contribution in [0.4, 0.5) is 0 Å². The summed E-state index contributed by atoms with van der Waals surface area (Å²) in [6.45, 7) is -0.101. The summed E-state index contributed by atoms with van der Waals surface area (Å²) in [6, 6.07) is 11.5. The van der Waals surface area contributed by atoms with Crippen molar-refractivity contribution in [3.05, 3.63) is 53.6 Å². The lowest BCUT2D eigenvalue weighted by molar-refractivity contribution is 0.0599. The van der Waals surface area contributed by atoms with Crippen molar-refractivity contribution < 1.29 is 27.5 Å². The number of fused-ring (bicyclic) bond motifs is 1. The van der Waals surface area contributed by atoms with E-state index in [0.29, 0.717) is 23.6 Å². The molecule has 0 saturated carbocycles. The van der Waals surface area contributed by atoms with Crippen LogP contribution in [-0.4, -0.2) is 51.2 Å². The average Bonchev–Trinajstić information content (AvgIpc) is 3.25. The predicted molar refractivity (Wildman–Crippen MR) is 100 cm³/mol. The van der Waals surface area contributed by atoms with Gasteiger partial charge in [0.1, 0.15) is 4.90 Å². The largest absolute Gasteiger partial charge is 0.493 e. The zero-order valence-corrected chi connectivity index (χ0v) is 16.1. The Balaban J connectivity index is 1.51. The second-order valence-electron chi connectivity index (χ2n) is 6.38. The van der Waals surface area contributed by atoms with E-state index in [1.54, 1.807) is 38.5 Å². The van der Waals surface area contributed by atoms with Gasteiger partial charge in [-0.2, -0.15) is 0 Å². The van der Waals surface area contributed by atoms with Gasteiger partial charge in [-0.05, 0) is 30.3 Å². The number of amides is 1. The minimum absolute atomic E-state index is 0.0269. The van der Waals surface area contributed by atoms with Gasteiger partial charge in [-0.3, -0.25) is 4.79 Å². The first-order valence-electron chi connectivity index (χ1n) is 8.57. The highest BCUT2D eigenvalue weighted by Gasteiger charge is 2.43. The molecule has 0 aliphatic carbocycles. The Hall–Kier alpha value is -3.07. The van der Waals surface area contributed by atoms with Crippen LogP contribution in [0.3, 0.4) is 0 Å². The highest BCUT2D eigenvalue weighted by molar-refractivity contribution is 7.90. The van der Waals surface area contributed by atoms with Crippen LogP contribution in [0.25, 0.3) is 0 Å². The molecule has 2 aromatic rings. The van der Waals surface area contributed by atoms with Crippen LogP contribution in [-0.2, 0) is 14.9 Å². The third kappa shape index (κ3) is 2.88. The number of ether oxygens (including phenoxy) is 2. The molecule has 28 heavy (non-hydrogen) atoms. The number of oxime groups is 1. The Kier molecular flexibility index (Phi) is 4.46. The van der Waals surface area contributed by atoms with Crippen LogP contribution in [0.1, 0.15) is 22.3 Å². The maximum Gasteiger partial charge on any atom is 0.269 e. The van der Waals surface area contributed by atoms with Crippen molar-refractivity contribution in [3.8, 4) is 11.5 Å². The number of carbonyl (C=O) groups excluding carboxylic acids is 1. The molecule has 2 heterocycles. The van der Waals surface area contributed by atoms with E-state index in [2.05, 4.69) is 5.16 Å². The molecule has 0 bridgehead atoms. The van der Waals surface area contributed by atoms with E-state index < -0.39 is 22.0 Å². The average molecular weight is 402 g/mol. The Labute approximate surface area is 162 Å².